The van der Waals surface area contributed by atoms with Crippen LogP contribution >= 0.6 is 11.6 Å². The number of aromatic nitrogens is 1. The lowest BCUT2D eigenvalue weighted by Gasteiger charge is -2.30. The Bertz CT molecular complexity index is 446. The quantitative estimate of drug-likeness (QED) is 0.828. The van der Waals surface area contributed by atoms with Crippen molar-refractivity contribution in [2.75, 3.05) is 46.4 Å². The lowest BCUT2D eigenvalue weighted by Crippen LogP contribution is -2.45. The van der Waals surface area contributed by atoms with E-state index in [-0.39, 0.29) is 12.5 Å². The van der Waals surface area contributed by atoms with Gasteiger partial charge < -0.3 is 19.7 Å². The van der Waals surface area contributed by atoms with Crippen molar-refractivity contribution in [1.29, 1.82) is 0 Å². The Morgan fingerprint density at radius 1 is 1.60 bits per heavy atom. The number of amides is 1. The maximum absolute atomic E-state index is 12.1. The first-order valence-electron chi connectivity index (χ1n) is 6.64. The molecule has 2 heterocycles. The highest BCUT2D eigenvalue weighted by Crippen LogP contribution is 2.11. The van der Waals surface area contributed by atoms with Gasteiger partial charge in [0.25, 0.3) is 5.91 Å². The van der Waals surface area contributed by atoms with Gasteiger partial charge in [-0.2, -0.15) is 0 Å². The van der Waals surface area contributed by atoms with Gasteiger partial charge in [-0.1, -0.05) is 11.6 Å². The number of carbonyl (C=O) groups is 1. The highest BCUT2D eigenvalue weighted by molar-refractivity contribution is 6.30. The maximum atomic E-state index is 12.1. The van der Waals surface area contributed by atoms with Crippen molar-refractivity contribution in [2.24, 2.45) is 0 Å². The van der Waals surface area contributed by atoms with E-state index in [1.165, 1.54) is 4.90 Å². The molecule has 0 aliphatic carbocycles. The van der Waals surface area contributed by atoms with Crippen LogP contribution in [0.3, 0.4) is 0 Å². The molecule has 2 rings (SSSR count). The van der Waals surface area contributed by atoms with Crippen molar-refractivity contribution in [3.8, 4) is 0 Å². The fourth-order valence-corrected chi connectivity index (χ4v) is 2.40. The number of H-pyrrole nitrogens is 1. The molecule has 0 bridgehead atoms. The van der Waals surface area contributed by atoms with Gasteiger partial charge in [0.05, 0.1) is 24.3 Å². The third-order valence-corrected chi connectivity index (χ3v) is 3.50. The zero-order valence-corrected chi connectivity index (χ0v) is 12.3. The molecule has 0 radical (unpaired) electrons. The van der Waals surface area contributed by atoms with Crippen molar-refractivity contribution in [1.82, 2.24) is 14.8 Å². The Hall–Kier alpha value is -1.08. The van der Waals surface area contributed by atoms with Crippen LogP contribution in [0.4, 0.5) is 0 Å². The summed E-state index contributed by atoms with van der Waals surface area (Å²) in [7, 11) is 1.67. The van der Waals surface area contributed by atoms with Gasteiger partial charge in [-0.25, -0.2) is 0 Å². The highest BCUT2D eigenvalue weighted by atomic mass is 35.5. The Morgan fingerprint density at radius 2 is 2.30 bits per heavy atom. The number of likely N-dealkylation sites (N-methyl/N-ethyl adjacent to an activating group) is 1. The van der Waals surface area contributed by atoms with Crippen LogP contribution in [-0.2, 0) is 4.74 Å². The fourth-order valence-electron chi connectivity index (χ4n) is 2.24. The second-order valence-corrected chi connectivity index (χ2v) is 5.42. The molecule has 1 atom stereocenters. The molecule has 0 spiro atoms. The number of aliphatic hydroxyl groups excluding tert-OH is 1. The lowest BCUT2D eigenvalue weighted by molar-refractivity contribution is 0.00874. The molecule has 1 saturated heterocycles. The van der Waals surface area contributed by atoms with Gasteiger partial charge >= 0.3 is 0 Å². The van der Waals surface area contributed by atoms with Gasteiger partial charge in [0.2, 0.25) is 0 Å². The van der Waals surface area contributed by atoms with Crippen LogP contribution in [0.2, 0.25) is 5.02 Å². The number of hydrogen-bond donors (Lipinski definition) is 2. The number of β-amino-alcohol motifs (C(OH)–C–C–N with tert-alkyl or cyclic N) is 1. The summed E-state index contributed by atoms with van der Waals surface area (Å²) < 4.78 is 5.26. The van der Waals surface area contributed by atoms with Crippen molar-refractivity contribution in [3.05, 3.63) is 23.0 Å². The summed E-state index contributed by atoms with van der Waals surface area (Å²) in [6.07, 6.45) is 0.986. The standard InChI is InChI=1S/C13H20ClN3O3/c1-16(13(19)12-6-10(14)7-15-12)8-11(18)9-17-2-4-20-5-3-17/h6-7,11,15,18H,2-5,8-9H2,1H3. The molecule has 0 aromatic carbocycles. The number of morpholine rings is 1. The van der Waals surface area contributed by atoms with Crippen LogP contribution in [0.25, 0.3) is 0 Å². The maximum Gasteiger partial charge on any atom is 0.270 e. The van der Waals surface area contributed by atoms with E-state index in [4.69, 9.17) is 16.3 Å². The summed E-state index contributed by atoms with van der Waals surface area (Å²) in [6.45, 7) is 3.87. The summed E-state index contributed by atoms with van der Waals surface area (Å²) >= 11 is 5.77. The van der Waals surface area contributed by atoms with Crippen LogP contribution < -0.4 is 0 Å². The van der Waals surface area contributed by atoms with Crippen LogP contribution in [0.5, 0.6) is 0 Å². The molecule has 20 heavy (non-hydrogen) atoms. The average Bonchev–Trinajstić information content (AvgIpc) is 2.85. The second-order valence-electron chi connectivity index (χ2n) is 4.98. The van der Waals surface area contributed by atoms with E-state index in [0.29, 0.717) is 30.5 Å². The molecular weight excluding hydrogens is 282 g/mol. The Balaban J connectivity index is 1.80. The van der Waals surface area contributed by atoms with Crippen LogP contribution in [0.15, 0.2) is 12.3 Å². The number of nitrogens with one attached hydrogen (secondary N) is 1. The molecule has 1 unspecified atom stereocenters. The molecule has 1 fully saturated rings. The molecule has 1 aromatic heterocycles. The summed E-state index contributed by atoms with van der Waals surface area (Å²) in [6, 6.07) is 1.58. The molecule has 112 valence electrons. The Morgan fingerprint density at radius 3 is 2.90 bits per heavy atom. The van der Waals surface area contributed by atoms with E-state index < -0.39 is 6.10 Å². The first-order valence-corrected chi connectivity index (χ1v) is 7.01. The first-order chi connectivity index (χ1) is 9.56. The van der Waals surface area contributed by atoms with Crippen molar-refractivity contribution in [3.63, 3.8) is 0 Å². The minimum absolute atomic E-state index is 0.182. The number of nitrogens with zero attached hydrogens (tertiary/aromatic N) is 2. The summed E-state index contributed by atoms with van der Waals surface area (Å²) in [4.78, 5) is 18.5. The SMILES string of the molecule is CN(CC(O)CN1CCOCC1)C(=O)c1cc(Cl)c[nH]1. The van der Waals surface area contributed by atoms with Crippen LogP contribution in [0.1, 0.15) is 10.5 Å². The van der Waals surface area contributed by atoms with Gasteiger partial charge in [-0.3, -0.25) is 9.69 Å². The Labute approximate surface area is 123 Å². The predicted molar refractivity (Wildman–Crippen MR) is 76.0 cm³/mol. The van der Waals surface area contributed by atoms with Crippen LogP contribution in [-0.4, -0.2) is 78.3 Å². The molecule has 1 amide bonds. The second kappa shape index (κ2) is 7.08. The molecule has 2 N–H and O–H groups in total. The van der Waals surface area contributed by atoms with Gasteiger partial charge in [0, 0.05) is 39.4 Å². The number of ether oxygens (including phenoxy) is 1. The van der Waals surface area contributed by atoms with E-state index in [0.717, 1.165) is 13.1 Å². The molecule has 7 heteroatoms. The monoisotopic (exact) mass is 301 g/mol. The normalized spacial score (nSPS) is 17.9. The predicted octanol–water partition coefficient (Wildman–Crippen LogP) is 0.433. The van der Waals surface area contributed by atoms with E-state index in [1.807, 2.05) is 0 Å². The van der Waals surface area contributed by atoms with Crippen LogP contribution in [0, 0.1) is 0 Å². The number of rotatable bonds is 5. The molecule has 0 saturated carbocycles. The fraction of sp³-hybridized carbons (Fsp3) is 0.615. The number of aromatic amines is 1. The minimum atomic E-state index is -0.576. The zero-order valence-electron chi connectivity index (χ0n) is 11.5. The van der Waals surface area contributed by atoms with E-state index in [9.17, 15) is 9.90 Å². The molecule has 1 aromatic rings. The molecular formula is C13H20ClN3O3. The van der Waals surface area contributed by atoms with Gasteiger partial charge in [0.15, 0.2) is 0 Å². The van der Waals surface area contributed by atoms with E-state index >= 15 is 0 Å². The number of halogens is 1. The summed E-state index contributed by atoms with van der Waals surface area (Å²) in [5.41, 5.74) is 0.427. The van der Waals surface area contributed by atoms with Crippen molar-refractivity contribution >= 4 is 17.5 Å². The zero-order chi connectivity index (χ0) is 14.5. The van der Waals surface area contributed by atoms with Gasteiger partial charge in [-0.15, -0.1) is 0 Å². The van der Waals surface area contributed by atoms with Gasteiger partial charge in [0.1, 0.15) is 5.69 Å². The lowest BCUT2D eigenvalue weighted by atomic mass is 10.2. The highest BCUT2D eigenvalue weighted by Gasteiger charge is 2.19. The number of hydrogen-bond acceptors (Lipinski definition) is 4. The number of aliphatic hydroxyl groups is 1. The smallest absolute Gasteiger partial charge is 0.270 e. The molecule has 1 aliphatic heterocycles. The first kappa shape index (κ1) is 15.3. The number of carbonyl (C=O) groups excluding carboxylic acids is 1. The van der Waals surface area contributed by atoms with Crippen molar-refractivity contribution < 1.29 is 14.6 Å². The van der Waals surface area contributed by atoms with Gasteiger partial charge in [-0.05, 0) is 6.07 Å². The third-order valence-electron chi connectivity index (χ3n) is 3.28. The average molecular weight is 302 g/mol. The summed E-state index contributed by atoms with van der Waals surface area (Å²) in [5.74, 6) is -0.182. The van der Waals surface area contributed by atoms with Crippen molar-refractivity contribution in [2.45, 2.75) is 6.10 Å². The third kappa shape index (κ3) is 4.21. The topological polar surface area (TPSA) is 68.8 Å². The molecule has 6 nitrogen and oxygen atoms in total. The minimum Gasteiger partial charge on any atom is -0.390 e. The van der Waals surface area contributed by atoms with E-state index in [2.05, 4.69) is 9.88 Å². The Kier molecular flexibility index (Phi) is 5.42. The summed E-state index contributed by atoms with van der Waals surface area (Å²) in [5, 5.41) is 10.6. The molecule has 1 aliphatic rings. The largest absolute Gasteiger partial charge is 0.390 e. The van der Waals surface area contributed by atoms with E-state index in [1.54, 1.807) is 19.3 Å².